The van der Waals surface area contributed by atoms with Crippen molar-refractivity contribution in [1.82, 2.24) is 4.90 Å². The molecule has 3 rings (SSSR count). The second-order valence-electron chi connectivity index (χ2n) is 5.91. The number of thioether (sulfide) groups is 1. The SMILES string of the molecule is COC(=O)C1CSC(c2cccc(Cl)c2)N1C(=O)c1ccc([N+](=O)[O-])cc1Cl. The first kappa shape index (κ1) is 20.4. The van der Waals surface area contributed by atoms with Crippen LogP contribution in [0.5, 0.6) is 0 Å². The third-order valence-corrected chi connectivity index (χ3v) is 6.11. The van der Waals surface area contributed by atoms with Gasteiger partial charge in [-0.15, -0.1) is 11.8 Å². The molecule has 2 unspecified atom stereocenters. The number of carbonyl (C=O) groups excluding carboxylic acids is 2. The van der Waals surface area contributed by atoms with Gasteiger partial charge in [0.2, 0.25) is 0 Å². The molecule has 1 saturated heterocycles. The summed E-state index contributed by atoms with van der Waals surface area (Å²) < 4.78 is 4.84. The molecule has 1 heterocycles. The fraction of sp³-hybridized carbons (Fsp3) is 0.222. The summed E-state index contributed by atoms with van der Waals surface area (Å²) in [5.74, 6) is -0.742. The fourth-order valence-corrected chi connectivity index (χ4v) is 4.78. The number of nitro benzene ring substituents is 1. The number of ether oxygens (including phenoxy) is 1. The van der Waals surface area contributed by atoms with Crippen molar-refractivity contribution in [3.05, 3.63) is 73.8 Å². The van der Waals surface area contributed by atoms with E-state index in [9.17, 15) is 19.7 Å². The number of hydrogen-bond acceptors (Lipinski definition) is 6. The third-order valence-electron chi connectivity index (χ3n) is 4.24. The van der Waals surface area contributed by atoms with Crippen molar-refractivity contribution in [2.24, 2.45) is 0 Å². The summed E-state index contributed by atoms with van der Waals surface area (Å²) in [5, 5.41) is 10.9. The summed E-state index contributed by atoms with van der Waals surface area (Å²) >= 11 is 13.6. The van der Waals surface area contributed by atoms with Crippen LogP contribution >= 0.6 is 35.0 Å². The summed E-state index contributed by atoms with van der Waals surface area (Å²) in [6.45, 7) is 0. The normalized spacial score (nSPS) is 18.8. The van der Waals surface area contributed by atoms with E-state index >= 15 is 0 Å². The Morgan fingerprint density at radius 2 is 2.00 bits per heavy atom. The van der Waals surface area contributed by atoms with E-state index in [0.717, 1.165) is 11.6 Å². The lowest BCUT2D eigenvalue weighted by molar-refractivity contribution is -0.384. The number of non-ortho nitro benzene ring substituents is 1. The van der Waals surface area contributed by atoms with Gasteiger partial charge < -0.3 is 9.64 Å². The van der Waals surface area contributed by atoms with Crippen molar-refractivity contribution in [1.29, 1.82) is 0 Å². The number of halogens is 2. The van der Waals surface area contributed by atoms with Crippen LogP contribution in [0.15, 0.2) is 42.5 Å². The van der Waals surface area contributed by atoms with E-state index in [0.29, 0.717) is 10.8 Å². The van der Waals surface area contributed by atoms with E-state index in [1.807, 2.05) is 0 Å². The van der Waals surface area contributed by atoms with Crippen LogP contribution in [0.1, 0.15) is 21.3 Å². The highest BCUT2D eigenvalue weighted by Crippen LogP contribution is 2.43. The summed E-state index contributed by atoms with van der Waals surface area (Å²) in [7, 11) is 1.25. The zero-order valence-electron chi connectivity index (χ0n) is 14.5. The molecule has 0 bridgehead atoms. The average molecular weight is 441 g/mol. The number of methoxy groups -OCH3 is 1. The lowest BCUT2D eigenvalue weighted by Crippen LogP contribution is -2.43. The van der Waals surface area contributed by atoms with E-state index in [1.165, 1.54) is 35.9 Å². The van der Waals surface area contributed by atoms with Gasteiger partial charge in [-0.1, -0.05) is 35.3 Å². The highest BCUT2D eigenvalue weighted by Gasteiger charge is 2.43. The molecule has 0 spiro atoms. The van der Waals surface area contributed by atoms with Gasteiger partial charge >= 0.3 is 5.97 Å². The van der Waals surface area contributed by atoms with Crippen LogP contribution in [0.25, 0.3) is 0 Å². The number of nitrogens with zero attached hydrogens (tertiary/aromatic N) is 2. The minimum atomic E-state index is -0.822. The number of hydrogen-bond donors (Lipinski definition) is 0. The topological polar surface area (TPSA) is 89.8 Å². The largest absolute Gasteiger partial charge is 0.467 e. The Balaban J connectivity index is 2.03. The van der Waals surface area contributed by atoms with Crippen LogP contribution in [0.2, 0.25) is 10.0 Å². The zero-order valence-corrected chi connectivity index (χ0v) is 16.8. The van der Waals surface area contributed by atoms with Gasteiger partial charge in [0.15, 0.2) is 0 Å². The van der Waals surface area contributed by atoms with Crippen LogP contribution in [0, 0.1) is 10.1 Å². The zero-order chi connectivity index (χ0) is 20.4. The molecule has 0 aromatic heterocycles. The lowest BCUT2D eigenvalue weighted by atomic mass is 10.1. The molecule has 2 aromatic rings. The summed E-state index contributed by atoms with van der Waals surface area (Å²) in [4.78, 5) is 37.2. The van der Waals surface area contributed by atoms with Gasteiger partial charge in [-0.05, 0) is 23.8 Å². The molecule has 0 N–H and O–H groups in total. The first-order valence-corrected chi connectivity index (χ1v) is 9.85. The molecule has 0 aliphatic carbocycles. The smallest absolute Gasteiger partial charge is 0.329 e. The van der Waals surface area contributed by atoms with Gasteiger partial charge in [-0.3, -0.25) is 14.9 Å². The third kappa shape index (κ3) is 3.94. The highest BCUT2D eigenvalue weighted by molar-refractivity contribution is 7.99. The van der Waals surface area contributed by atoms with Gasteiger partial charge in [0.05, 0.1) is 22.6 Å². The van der Waals surface area contributed by atoms with Crippen molar-refractivity contribution in [3.8, 4) is 0 Å². The predicted octanol–water partition coefficient (Wildman–Crippen LogP) is 4.33. The Morgan fingerprint density at radius 1 is 1.25 bits per heavy atom. The molecular formula is C18H14Cl2N2O5S. The van der Waals surface area contributed by atoms with Crippen molar-refractivity contribution in [2.45, 2.75) is 11.4 Å². The maximum atomic E-state index is 13.3. The molecule has 7 nitrogen and oxygen atoms in total. The quantitative estimate of drug-likeness (QED) is 0.399. The fourth-order valence-electron chi connectivity index (χ4n) is 2.92. The van der Waals surface area contributed by atoms with Gasteiger partial charge in [0, 0.05) is 22.9 Å². The second-order valence-corrected chi connectivity index (χ2v) is 7.87. The predicted molar refractivity (Wildman–Crippen MR) is 107 cm³/mol. The second kappa shape index (κ2) is 8.38. The molecule has 2 atom stereocenters. The molecule has 28 heavy (non-hydrogen) atoms. The first-order valence-electron chi connectivity index (χ1n) is 8.05. The number of nitro groups is 1. The van der Waals surface area contributed by atoms with Crippen LogP contribution in [-0.2, 0) is 9.53 Å². The van der Waals surface area contributed by atoms with E-state index < -0.39 is 28.2 Å². The van der Waals surface area contributed by atoms with E-state index in [-0.39, 0.29) is 16.3 Å². The van der Waals surface area contributed by atoms with Crippen LogP contribution in [0.3, 0.4) is 0 Å². The molecule has 0 saturated carbocycles. The Hall–Kier alpha value is -2.29. The molecule has 2 aromatic carbocycles. The number of rotatable bonds is 4. The van der Waals surface area contributed by atoms with Gasteiger partial charge in [-0.2, -0.15) is 0 Å². The Kier molecular flexibility index (Phi) is 6.12. The maximum Gasteiger partial charge on any atom is 0.329 e. The van der Waals surface area contributed by atoms with Crippen molar-refractivity contribution < 1.29 is 19.2 Å². The Morgan fingerprint density at radius 3 is 2.61 bits per heavy atom. The number of benzene rings is 2. The number of esters is 1. The summed E-state index contributed by atoms with van der Waals surface area (Å²) in [5.41, 5.74) is 0.583. The van der Waals surface area contributed by atoms with Crippen molar-refractivity contribution in [3.63, 3.8) is 0 Å². The van der Waals surface area contributed by atoms with Gasteiger partial charge in [0.25, 0.3) is 11.6 Å². The van der Waals surface area contributed by atoms with Crippen LogP contribution in [0.4, 0.5) is 5.69 Å². The summed E-state index contributed by atoms with van der Waals surface area (Å²) in [6, 6.07) is 9.76. The first-order chi connectivity index (χ1) is 13.3. The lowest BCUT2D eigenvalue weighted by Gasteiger charge is -2.28. The molecule has 10 heteroatoms. The number of amides is 1. The molecule has 146 valence electrons. The van der Waals surface area contributed by atoms with Crippen LogP contribution in [-0.4, -0.2) is 40.6 Å². The molecule has 1 aliphatic heterocycles. The molecule has 1 fully saturated rings. The molecule has 1 amide bonds. The highest BCUT2D eigenvalue weighted by atomic mass is 35.5. The van der Waals surface area contributed by atoms with E-state index in [4.69, 9.17) is 27.9 Å². The van der Waals surface area contributed by atoms with Crippen molar-refractivity contribution in [2.75, 3.05) is 12.9 Å². The van der Waals surface area contributed by atoms with Crippen molar-refractivity contribution >= 4 is 52.5 Å². The van der Waals surface area contributed by atoms with Gasteiger partial charge in [0.1, 0.15) is 11.4 Å². The van der Waals surface area contributed by atoms with E-state index in [2.05, 4.69) is 0 Å². The van der Waals surface area contributed by atoms with Gasteiger partial charge in [-0.25, -0.2) is 4.79 Å². The average Bonchev–Trinajstić information content (AvgIpc) is 3.11. The number of carbonyl (C=O) groups is 2. The molecular weight excluding hydrogens is 427 g/mol. The van der Waals surface area contributed by atoms with Crippen LogP contribution < -0.4 is 0 Å². The maximum absolute atomic E-state index is 13.3. The Bertz CT molecular complexity index is 955. The monoisotopic (exact) mass is 440 g/mol. The van der Waals surface area contributed by atoms with E-state index in [1.54, 1.807) is 24.3 Å². The molecule has 1 aliphatic rings. The minimum absolute atomic E-state index is 0.0652. The molecule has 0 radical (unpaired) electrons. The summed E-state index contributed by atoms with van der Waals surface area (Å²) in [6.07, 6.45) is 0. The standard InChI is InChI=1S/C18H14Cl2N2O5S/c1-27-18(24)15-9-28-17(10-3-2-4-11(19)7-10)21(15)16(23)13-6-5-12(22(25)26)8-14(13)20/h2-8,15,17H,9H2,1H3. The minimum Gasteiger partial charge on any atom is -0.467 e. The Labute approximate surface area is 174 Å².